The molecule has 0 spiro atoms. The van der Waals surface area contributed by atoms with Gasteiger partial charge in [-0.3, -0.25) is 4.79 Å². The minimum Gasteiger partial charge on any atom is -0.483 e. The van der Waals surface area contributed by atoms with Crippen molar-refractivity contribution in [3.05, 3.63) is 51.7 Å². The molecule has 2 aromatic heterocycles. The fourth-order valence-corrected chi connectivity index (χ4v) is 5.60. The van der Waals surface area contributed by atoms with Crippen molar-refractivity contribution in [3.63, 3.8) is 0 Å². The average molecular weight is 483 g/mol. The molecule has 1 aliphatic rings. The van der Waals surface area contributed by atoms with E-state index < -0.39 is 0 Å². The smallest absolute Gasteiger partial charge is 0.277 e. The fraction of sp³-hybridized carbons (Fsp3) is 0.400. The van der Waals surface area contributed by atoms with Gasteiger partial charge in [-0.1, -0.05) is 43.4 Å². The van der Waals surface area contributed by atoms with E-state index in [9.17, 15) is 4.79 Å². The van der Waals surface area contributed by atoms with E-state index in [0.717, 1.165) is 50.5 Å². The Hall–Kier alpha value is -2.71. The lowest BCUT2D eigenvalue weighted by molar-refractivity contribution is -0.123. The molecule has 33 heavy (non-hydrogen) atoms. The van der Waals surface area contributed by atoms with Crippen LogP contribution in [-0.2, 0) is 4.79 Å². The summed E-state index contributed by atoms with van der Waals surface area (Å²) in [6.45, 7) is 8.24. The highest BCUT2D eigenvalue weighted by atomic mass is 32.1. The Kier molecular flexibility index (Phi) is 7.77. The molecule has 174 valence electrons. The number of ether oxygens (including phenoxy) is 1. The van der Waals surface area contributed by atoms with Crippen LogP contribution < -0.4 is 15.1 Å². The minimum absolute atomic E-state index is 0.0833. The molecule has 0 bridgehead atoms. The molecule has 8 heteroatoms. The largest absolute Gasteiger partial charge is 0.483 e. The second-order valence-corrected chi connectivity index (χ2v) is 10.5. The van der Waals surface area contributed by atoms with Gasteiger partial charge in [-0.15, -0.1) is 11.3 Å². The number of benzene rings is 1. The minimum atomic E-state index is -0.291. The first-order valence-corrected chi connectivity index (χ1v) is 13.1. The van der Waals surface area contributed by atoms with Gasteiger partial charge in [0.05, 0.1) is 16.0 Å². The summed E-state index contributed by atoms with van der Waals surface area (Å²) in [7, 11) is 0. The summed E-state index contributed by atoms with van der Waals surface area (Å²) in [6, 6.07) is 10.2. The van der Waals surface area contributed by atoms with Crippen LogP contribution in [0.2, 0.25) is 0 Å². The molecule has 0 saturated carbocycles. The van der Waals surface area contributed by atoms with Gasteiger partial charge in [-0.25, -0.2) is 10.4 Å². The number of thiazole rings is 1. The molecular weight excluding hydrogens is 452 g/mol. The van der Waals surface area contributed by atoms with Gasteiger partial charge < -0.3 is 9.64 Å². The highest BCUT2D eigenvalue weighted by Crippen LogP contribution is 2.35. The molecule has 1 aliphatic heterocycles. The Labute approximate surface area is 203 Å². The molecule has 1 N–H and O–H groups in total. The summed E-state index contributed by atoms with van der Waals surface area (Å²) >= 11 is 3.28. The number of amides is 1. The predicted octanol–water partition coefficient (Wildman–Crippen LogP) is 5.82. The normalized spacial score (nSPS) is 14.2. The summed E-state index contributed by atoms with van der Waals surface area (Å²) < 4.78 is 5.81. The standard InChI is InChI=1S/C25H30N4O2S2/c1-17(2)19-10-9-18(3)14-20(19)31-16-23(30)28-26-15-22-24(21-8-7-13-32-21)27-25(33-22)29-11-5-4-6-12-29/h7-10,13-15,17H,4-6,11-12,16H2,1-3H3,(H,28,30)/b26-15-. The summed E-state index contributed by atoms with van der Waals surface area (Å²) in [5, 5.41) is 7.28. The number of hydrogen-bond acceptors (Lipinski definition) is 7. The summed E-state index contributed by atoms with van der Waals surface area (Å²) in [6.07, 6.45) is 5.38. The van der Waals surface area contributed by atoms with E-state index in [4.69, 9.17) is 9.72 Å². The van der Waals surface area contributed by atoms with Crippen LogP contribution in [0.15, 0.2) is 40.8 Å². The monoisotopic (exact) mass is 482 g/mol. The highest BCUT2D eigenvalue weighted by molar-refractivity contribution is 7.18. The first kappa shape index (κ1) is 23.4. The highest BCUT2D eigenvalue weighted by Gasteiger charge is 2.19. The van der Waals surface area contributed by atoms with Gasteiger partial charge in [0.25, 0.3) is 5.91 Å². The zero-order valence-electron chi connectivity index (χ0n) is 19.3. The van der Waals surface area contributed by atoms with E-state index in [1.165, 1.54) is 19.3 Å². The van der Waals surface area contributed by atoms with Crippen LogP contribution in [0.1, 0.15) is 55.0 Å². The third kappa shape index (κ3) is 6.00. The maximum Gasteiger partial charge on any atom is 0.277 e. The first-order valence-electron chi connectivity index (χ1n) is 11.4. The van der Waals surface area contributed by atoms with Crippen molar-refractivity contribution >= 4 is 39.9 Å². The van der Waals surface area contributed by atoms with Crippen molar-refractivity contribution in [2.24, 2.45) is 5.10 Å². The van der Waals surface area contributed by atoms with Crippen LogP contribution in [0.3, 0.4) is 0 Å². The second kappa shape index (κ2) is 10.9. The SMILES string of the molecule is Cc1ccc(C(C)C)c(OCC(=O)N/N=C\c2sc(N3CCCCC3)nc2-c2cccs2)c1. The topological polar surface area (TPSA) is 66.8 Å². The Morgan fingerprint density at radius 1 is 1.27 bits per heavy atom. The number of rotatable bonds is 8. The summed E-state index contributed by atoms with van der Waals surface area (Å²) in [5.74, 6) is 0.774. The third-order valence-corrected chi connectivity index (χ3v) is 7.47. The van der Waals surface area contributed by atoms with Crippen molar-refractivity contribution in [2.75, 3.05) is 24.6 Å². The third-order valence-electron chi connectivity index (χ3n) is 5.54. The van der Waals surface area contributed by atoms with Gasteiger partial charge in [0.15, 0.2) is 11.7 Å². The van der Waals surface area contributed by atoms with Crippen LogP contribution in [0.4, 0.5) is 5.13 Å². The number of piperidine rings is 1. The Morgan fingerprint density at radius 2 is 2.09 bits per heavy atom. The molecule has 1 aromatic carbocycles. The molecule has 1 fully saturated rings. The number of nitrogens with one attached hydrogen (secondary N) is 1. The molecule has 3 aromatic rings. The van der Waals surface area contributed by atoms with Gasteiger partial charge in [-0.2, -0.15) is 5.10 Å². The lowest BCUT2D eigenvalue weighted by Gasteiger charge is -2.25. The molecule has 4 rings (SSSR count). The van der Waals surface area contributed by atoms with Crippen LogP contribution in [0, 0.1) is 6.92 Å². The number of hydrazone groups is 1. The van der Waals surface area contributed by atoms with Gasteiger partial charge in [0, 0.05) is 13.1 Å². The predicted molar refractivity (Wildman–Crippen MR) is 138 cm³/mol. The van der Waals surface area contributed by atoms with Gasteiger partial charge in [0.2, 0.25) is 0 Å². The number of carbonyl (C=O) groups is 1. The maximum absolute atomic E-state index is 12.4. The quantitative estimate of drug-likeness (QED) is 0.324. The van der Waals surface area contributed by atoms with Crippen molar-refractivity contribution in [1.82, 2.24) is 10.4 Å². The van der Waals surface area contributed by atoms with Crippen LogP contribution >= 0.6 is 22.7 Å². The lowest BCUT2D eigenvalue weighted by Crippen LogP contribution is -2.29. The van der Waals surface area contributed by atoms with Crippen LogP contribution in [0.5, 0.6) is 5.75 Å². The van der Waals surface area contributed by atoms with Gasteiger partial charge >= 0.3 is 0 Å². The molecule has 6 nitrogen and oxygen atoms in total. The number of hydrogen-bond donors (Lipinski definition) is 1. The van der Waals surface area contributed by atoms with Crippen molar-refractivity contribution < 1.29 is 9.53 Å². The maximum atomic E-state index is 12.4. The van der Waals surface area contributed by atoms with E-state index in [1.54, 1.807) is 28.9 Å². The van der Waals surface area contributed by atoms with Crippen LogP contribution in [0.25, 0.3) is 10.6 Å². The average Bonchev–Trinajstić information content (AvgIpc) is 3.48. The fourth-order valence-electron chi connectivity index (χ4n) is 3.80. The zero-order chi connectivity index (χ0) is 23.2. The number of thiophene rings is 1. The van der Waals surface area contributed by atoms with Crippen LogP contribution in [-0.4, -0.2) is 36.8 Å². The Balaban J connectivity index is 1.42. The van der Waals surface area contributed by atoms with E-state index in [0.29, 0.717) is 5.92 Å². The molecule has 0 unspecified atom stereocenters. The molecule has 1 saturated heterocycles. The number of nitrogens with zero attached hydrogens (tertiary/aromatic N) is 3. The number of anilines is 1. The lowest BCUT2D eigenvalue weighted by atomic mass is 10.0. The van der Waals surface area contributed by atoms with E-state index in [2.05, 4.69) is 47.5 Å². The van der Waals surface area contributed by atoms with Crippen molar-refractivity contribution in [1.29, 1.82) is 0 Å². The number of aryl methyl sites for hydroxylation is 1. The van der Waals surface area contributed by atoms with Gasteiger partial charge in [0.1, 0.15) is 11.4 Å². The summed E-state index contributed by atoms with van der Waals surface area (Å²) in [5.41, 5.74) is 5.71. The van der Waals surface area contributed by atoms with Crippen molar-refractivity contribution in [2.45, 2.75) is 46.0 Å². The first-order chi connectivity index (χ1) is 16.0. The zero-order valence-corrected chi connectivity index (χ0v) is 21.0. The molecule has 0 atom stereocenters. The van der Waals surface area contributed by atoms with E-state index in [-0.39, 0.29) is 12.5 Å². The summed E-state index contributed by atoms with van der Waals surface area (Å²) in [4.78, 5) is 21.7. The molecule has 3 heterocycles. The number of aromatic nitrogens is 1. The second-order valence-electron chi connectivity index (χ2n) is 8.51. The molecule has 0 radical (unpaired) electrons. The van der Waals surface area contributed by atoms with E-state index >= 15 is 0 Å². The van der Waals surface area contributed by atoms with Gasteiger partial charge in [-0.05, 0) is 60.7 Å². The molecule has 0 aliphatic carbocycles. The Morgan fingerprint density at radius 3 is 2.82 bits per heavy atom. The Bertz CT molecular complexity index is 1100. The molecule has 1 amide bonds. The van der Waals surface area contributed by atoms with Crippen molar-refractivity contribution in [3.8, 4) is 16.3 Å². The van der Waals surface area contributed by atoms with E-state index in [1.807, 2.05) is 24.4 Å². The number of carbonyl (C=O) groups excluding carboxylic acids is 1. The molecular formula is C25H30N4O2S2.